The maximum atomic E-state index is 6.09. The number of ether oxygens (including phenoxy) is 1. The minimum Gasteiger partial charge on any atom is -0.383 e. The Morgan fingerprint density at radius 1 is 1.45 bits per heavy atom. The third-order valence-corrected chi connectivity index (χ3v) is 4.71. The molecule has 0 saturated carbocycles. The van der Waals surface area contributed by atoms with Gasteiger partial charge in [-0.1, -0.05) is 29.4 Å². The van der Waals surface area contributed by atoms with E-state index in [-0.39, 0.29) is 0 Å². The van der Waals surface area contributed by atoms with Crippen LogP contribution in [0.25, 0.3) is 0 Å². The third-order valence-electron chi connectivity index (χ3n) is 2.53. The molecule has 0 aliphatic carbocycles. The number of hydrogen-bond donors (Lipinski definition) is 1. The molecule has 0 aliphatic rings. The maximum Gasteiger partial charge on any atom is 0.174 e. The van der Waals surface area contributed by atoms with Gasteiger partial charge in [0, 0.05) is 30.1 Å². The Kier molecular flexibility index (Phi) is 6.25. The van der Waals surface area contributed by atoms with Gasteiger partial charge in [0.25, 0.3) is 0 Å². The fraction of sp³-hybridized carbons (Fsp3) is 0.385. The number of benzene rings is 1. The smallest absolute Gasteiger partial charge is 0.174 e. The van der Waals surface area contributed by atoms with Gasteiger partial charge in [0.05, 0.1) is 6.61 Å². The van der Waals surface area contributed by atoms with Gasteiger partial charge < -0.3 is 10.1 Å². The highest BCUT2D eigenvalue weighted by atomic mass is 35.5. The van der Waals surface area contributed by atoms with Crippen molar-refractivity contribution in [1.82, 2.24) is 14.7 Å². The van der Waals surface area contributed by atoms with Crippen molar-refractivity contribution in [2.24, 2.45) is 0 Å². The van der Waals surface area contributed by atoms with Crippen LogP contribution in [0.2, 0.25) is 5.02 Å². The monoisotopic (exact) mass is 329 g/mol. The normalized spacial score (nSPS) is 10.9. The highest BCUT2D eigenvalue weighted by Gasteiger charge is 2.08. The lowest BCUT2D eigenvalue weighted by Crippen LogP contribution is -2.18. The molecule has 0 bridgehead atoms. The van der Waals surface area contributed by atoms with Gasteiger partial charge in [-0.3, -0.25) is 0 Å². The summed E-state index contributed by atoms with van der Waals surface area (Å²) in [6.07, 6.45) is 0. The predicted molar refractivity (Wildman–Crippen MR) is 83.8 cm³/mol. The summed E-state index contributed by atoms with van der Waals surface area (Å²) in [5, 5.41) is 4.07. The second kappa shape index (κ2) is 7.95. The molecule has 2 aromatic rings. The van der Waals surface area contributed by atoms with Crippen molar-refractivity contribution in [3.05, 3.63) is 34.6 Å². The van der Waals surface area contributed by atoms with E-state index in [2.05, 4.69) is 14.7 Å². The van der Waals surface area contributed by atoms with Crippen molar-refractivity contribution in [2.45, 2.75) is 22.7 Å². The van der Waals surface area contributed by atoms with E-state index >= 15 is 0 Å². The molecule has 0 spiro atoms. The standard InChI is InChI=1S/C13H16ClN3OS2/c1-9-16-13(20-17-9)19-12-7-11(14)4-3-10(12)8-15-5-6-18-2/h3-4,7,15H,5-6,8H2,1-2H3. The topological polar surface area (TPSA) is 47.0 Å². The average molecular weight is 330 g/mol. The van der Waals surface area contributed by atoms with Crippen LogP contribution in [0.15, 0.2) is 27.4 Å². The number of hydrogen-bond acceptors (Lipinski definition) is 6. The van der Waals surface area contributed by atoms with Gasteiger partial charge >= 0.3 is 0 Å². The van der Waals surface area contributed by atoms with Crippen LogP contribution in [-0.4, -0.2) is 29.6 Å². The quantitative estimate of drug-likeness (QED) is 0.789. The van der Waals surface area contributed by atoms with Crippen molar-refractivity contribution < 1.29 is 4.74 Å². The summed E-state index contributed by atoms with van der Waals surface area (Å²) in [5.74, 6) is 0.805. The van der Waals surface area contributed by atoms with Crippen LogP contribution in [-0.2, 0) is 11.3 Å². The summed E-state index contributed by atoms with van der Waals surface area (Å²) in [7, 11) is 1.70. The van der Waals surface area contributed by atoms with Gasteiger partial charge in [-0.25, -0.2) is 4.98 Å². The molecule has 0 radical (unpaired) electrons. The minimum atomic E-state index is 0.700. The Labute approximate surface area is 132 Å². The van der Waals surface area contributed by atoms with E-state index in [1.165, 1.54) is 17.1 Å². The van der Waals surface area contributed by atoms with Crippen molar-refractivity contribution in [1.29, 1.82) is 0 Å². The van der Waals surface area contributed by atoms with Crippen LogP contribution in [0.1, 0.15) is 11.4 Å². The van der Waals surface area contributed by atoms with Crippen molar-refractivity contribution >= 4 is 34.9 Å². The van der Waals surface area contributed by atoms with Gasteiger partial charge in [0.2, 0.25) is 0 Å². The summed E-state index contributed by atoms with van der Waals surface area (Å²) in [6, 6.07) is 5.92. The second-order valence-corrected chi connectivity index (χ2v) is 6.61. The summed E-state index contributed by atoms with van der Waals surface area (Å²) in [5.41, 5.74) is 1.20. The zero-order valence-electron chi connectivity index (χ0n) is 11.4. The summed E-state index contributed by atoms with van der Waals surface area (Å²) in [6.45, 7) is 4.19. The maximum absolute atomic E-state index is 6.09. The molecule has 4 nitrogen and oxygen atoms in total. The van der Waals surface area contributed by atoms with Crippen LogP contribution < -0.4 is 5.32 Å². The number of nitrogens with one attached hydrogen (secondary N) is 1. The molecule has 0 fully saturated rings. The molecule has 0 amide bonds. The SMILES string of the molecule is COCCNCc1ccc(Cl)cc1Sc1nc(C)ns1. The molecule has 0 saturated heterocycles. The largest absolute Gasteiger partial charge is 0.383 e. The fourth-order valence-electron chi connectivity index (χ4n) is 1.58. The van der Waals surface area contributed by atoms with Crippen molar-refractivity contribution in [2.75, 3.05) is 20.3 Å². The first-order valence-electron chi connectivity index (χ1n) is 6.15. The summed E-state index contributed by atoms with van der Waals surface area (Å²) >= 11 is 9.10. The van der Waals surface area contributed by atoms with E-state index in [1.54, 1.807) is 18.9 Å². The van der Waals surface area contributed by atoms with Crippen LogP contribution in [0, 0.1) is 6.92 Å². The molecule has 108 valence electrons. The molecule has 20 heavy (non-hydrogen) atoms. The first-order valence-corrected chi connectivity index (χ1v) is 8.12. The molecule has 7 heteroatoms. The summed E-state index contributed by atoms with van der Waals surface area (Å²) in [4.78, 5) is 5.48. The summed E-state index contributed by atoms with van der Waals surface area (Å²) < 4.78 is 10.2. The predicted octanol–water partition coefficient (Wildman–Crippen LogP) is 3.39. The zero-order valence-corrected chi connectivity index (χ0v) is 13.7. The zero-order chi connectivity index (χ0) is 14.4. The van der Waals surface area contributed by atoms with Gasteiger partial charge in [-0.15, -0.1) is 0 Å². The Balaban J connectivity index is 2.07. The lowest BCUT2D eigenvalue weighted by Gasteiger charge is -2.09. The third kappa shape index (κ3) is 4.71. The van der Waals surface area contributed by atoms with E-state index in [1.807, 2.05) is 25.1 Å². The average Bonchev–Trinajstić information content (AvgIpc) is 2.82. The molecule has 2 rings (SSSR count). The lowest BCUT2D eigenvalue weighted by molar-refractivity contribution is 0.199. The highest BCUT2D eigenvalue weighted by molar-refractivity contribution is 8.01. The highest BCUT2D eigenvalue weighted by Crippen LogP contribution is 2.33. The van der Waals surface area contributed by atoms with E-state index < -0.39 is 0 Å². The minimum absolute atomic E-state index is 0.700. The van der Waals surface area contributed by atoms with E-state index in [9.17, 15) is 0 Å². The van der Waals surface area contributed by atoms with Gasteiger partial charge in [0.15, 0.2) is 4.34 Å². The van der Waals surface area contributed by atoms with E-state index in [0.717, 1.165) is 33.2 Å². The molecule has 0 atom stereocenters. The van der Waals surface area contributed by atoms with Gasteiger partial charge in [-0.2, -0.15) is 4.37 Å². The van der Waals surface area contributed by atoms with Crippen LogP contribution in [0.5, 0.6) is 0 Å². The molecule has 0 aliphatic heterocycles. The first-order chi connectivity index (χ1) is 9.69. The number of nitrogens with zero attached hydrogens (tertiary/aromatic N) is 2. The van der Waals surface area contributed by atoms with Crippen molar-refractivity contribution in [3.8, 4) is 0 Å². The van der Waals surface area contributed by atoms with Gasteiger partial charge in [-0.05, 0) is 36.2 Å². The second-order valence-electron chi connectivity index (χ2n) is 4.13. The number of aromatic nitrogens is 2. The first kappa shape index (κ1) is 15.7. The van der Waals surface area contributed by atoms with Crippen LogP contribution >= 0.6 is 34.9 Å². The number of aryl methyl sites for hydroxylation is 1. The fourth-order valence-corrected chi connectivity index (χ4v) is 3.59. The Morgan fingerprint density at radius 2 is 2.30 bits per heavy atom. The molecule has 0 unspecified atom stereocenters. The number of halogens is 1. The molecule has 1 heterocycles. The Hall–Kier alpha value is -0.660. The molecule has 1 N–H and O–H groups in total. The lowest BCUT2D eigenvalue weighted by atomic mass is 10.2. The van der Waals surface area contributed by atoms with Gasteiger partial charge in [0.1, 0.15) is 5.82 Å². The van der Waals surface area contributed by atoms with Crippen LogP contribution in [0.3, 0.4) is 0 Å². The Morgan fingerprint density at radius 3 is 3.00 bits per heavy atom. The molecule has 1 aromatic carbocycles. The number of rotatable bonds is 7. The van der Waals surface area contributed by atoms with Crippen molar-refractivity contribution in [3.63, 3.8) is 0 Å². The molecular formula is C13H16ClN3OS2. The van der Waals surface area contributed by atoms with E-state index in [4.69, 9.17) is 16.3 Å². The Bertz CT molecular complexity index is 562. The molecule has 1 aromatic heterocycles. The van der Waals surface area contributed by atoms with Crippen LogP contribution in [0.4, 0.5) is 0 Å². The molecular weight excluding hydrogens is 314 g/mol. The number of methoxy groups -OCH3 is 1. The van der Waals surface area contributed by atoms with E-state index in [0.29, 0.717) is 6.61 Å².